The third-order valence-corrected chi connectivity index (χ3v) is 2.98. The van der Waals surface area contributed by atoms with E-state index in [-0.39, 0.29) is 11.7 Å². The van der Waals surface area contributed by atoms with Gasteiger partial charge in [-0.1, -0.05) is 5.16 Å². The normalized spacial score (nSPS) is 10.5. The summed E-state index contributed by atoms with van der Waals surface area (Å²) in [7, 11) is 2.95. The molecule has 126 valence electrons. The number of anilines is 4. The Morgan fingerprint density at radius 2 is 2.12 bits per heavy atom. The number of oxime groups is 1. The van der Waals surface area contributed by atoms with Crippen molar-refractivity contribution < 1.29 is 14.4 Å². The van der Waals surface area contributed by atoms with Crippen molar-refractivity contribution in [2.45, 2.75) is 6.92 Å². The summed E-state index contributed by atoms with van der Waals surface area (Å²) in [6, 6.07) is 5.18. The number of rotatable bonds is 6. The van der Waals surface area contributed by atoms with Gasteiger partial charge in [0.15, 0.2) is 0 Å². The zero-order valence-corrected chi connectivity index (χ0v) is 13.5. The number of aromatic nitrogens is 2. The molecule has 2 rings (SSSR count). The van der Waals surface area contributed by atoms with Crippen LogP contribution in [0.5, 0.6) is 5.75 Å². The van der Waals surface area contributed by atoms with Gasteiger partial charge < -0.3 is 25.9 Å². The molecule has 1 heterocycles. The number of ether oxygens (including phenoxy) is 1. The van der Waals surface area contributed by atoms with Crippen molar-refractivity contribution in [3.8, 4) is 5.75 Å². The molecule has 0 radical (unpaired) electrons. The Morgan fingerprint density at radius 1 is 1.33 bits per heavy atom. The fraction of sp³-hybridized carbons (Fsp3) is 0.200. The maximum absolute atomic E-state index is 11.1. The summed E-state index contributed by atoms with van der Waals surface area (Å²) in [6.07, 6.45) is 2.75. The van der Waals surface area contributed by atoms with Crippen molar-refractivity contribution in [2.24, 2.45) is 5.16 Å². The minimum Gasteiger partial charge on any atom is -0.494 e. The first-order valence-electron chi connectivity index (χ1n) is 6.94. The number of nitrogens with two attached hydrogens (primary N) is 1. The number of methoxy groups -OCH3 is 1. The SMILES string of the molecule is CO/N=C/c1c(N)ncnc1Nc1ccc(NC(C)=O)cc1OC. The van der Waals surface area contributed by atoms with E-state index in [1.165, 1.54) is 33.7 Å². The zero-order valence-electron chi connectivity index (χ0n) is 13.5. The predicted octanol–water partition coefficient (Wildman–Crippen LogP) is 1.75. The quantitative estimate of drug-likeness (QED) is 0.544. The highest BCUT2D eigenvalue weighted by Crippen LogP contribution is 2.31. The highest BCUT2D eigenvalue weighted by Gasteiger charge is 2.11. The molecular formula is C15H18N6O3. The summed E-state index contributed by atoms with van der Waals surface area (Å²) in [4.78, 5) is 23.9. The van der Waals surface area contributed by atoms with E-state index in [2.05, 4.69) is 30.6 Å². The second-order valence-corrected chi connectivity index (χ2v) is 4.66. The second kappa shape index (κ2) is 7.77. The van der Waals surface area contributed by atoms with Crippen LogP contribution in [-0.2, 0) is 9.63 Å². The van der Waals surface area contributed by atoms with E-state index >= 15 is 0 Å². The van der Waals surface area contributed by atoms with Crippen molar-refractivity contribution in [3.05, 3.63) is 30.1 Å². The number of benzene rings is 1. The molecular weight excluding hydrogens is 312 g/mol. The maximum Gasteiger partial charge on any atom is 0.221 e. The van der Waals surface area contributed by atoms with Crippen LogP contribution in [0.2, 0.25) is 0 Å². The van der Waals surface area contributed by atoms with E-state index in [0.29, 0.717) is 28.5 Å². The van der Waals surface area contributed by atoms with Gasteiger partial charge in [-0.15, -0.1) is 0 Å². The molecule has 0 unspecified atom stereocenters. The molecule has 4 N–H and O–H groups in total. The van der Waals surface area contributed by atoms with Gasteiger partial charge in [-0.25, -0.2) is 9.97 Å². The van der Waals surface area contributed by atoms with Crippen molar-refractivity contribution in [1.29, 1.82) is 0 Å². The largest absolute Gasteiger partial charge is 0.494 e. The molecule has 9 heteroatoms. The Balaban J connectivity index is 2.36. The molecule has 0 atom stereocenters. The van der Waals surface area contributed by atoms with Crippen LogP contribution in [0.25, 0.3) is 0 Å². The molecule has 0 aliphatic rings. The number of hydrogen-bond donors (Lipinski definition) is 3. The van der Waals surface area contributed by atoms with Gasteiger partial charge in [0.05, 0.1) is 24.6 Å². The first-order chi connectivity index (χ1) is 11.5. The minimum absolute atomic E-state index is 0.167. The number of amides is 1. The van der Waals surface area contributed by atoms with Gasteiger partial charge >= 0.3 is 0 Å². The van der Waals surface area contributed by atoms with Crippen LogP contribution in [0.1, 0.15) is 12.5 Å². The lowest BCUT2D eigenvalue weighted by Gasteiger charge is -2.14. The van der Waals surface area contributed by atoms with Crippen molar-refractivity contribution in [3.63, 3.8) is 0 Å². The second-order valence-electron chi connectivity index (χ2n) is 4.66. The Labute approximate surface area is 138 Å². The molecule has 1 aromatic carbocycles. The van der Waals surface area contributed by atoms with Crippen LogP contribution in [0.3, 0.4) is 0 Å². The molecule has 24 heavy (non-hydrogen) atoms. The number of nitrogens with one attached hydrogen (secondary N) is 2. The van der Waals surface area contributed by atoms with Crippen LogP contribution >= 0.6 is 0 Å². The Hall–Kier alpha value is -3.36. The van der Waals surface area contributed by atoms with E-state index in [1.54, 1.807) is 18.2 Å². The van der Waals surface area contributed by atoms with Gasteiger partial charge in [0.25, 0.3) is 0 Å². The monoisotopic (exact) mass is 330 g/mol. The standard InChI is InChI=1S/C15H18N6O3/c1-9(22)20-10-4-5-12(13(6-10)23-2)21-15-11(7-19-24-3)14(16)17-8-18-15/h4-8H,1-3H3,(H,20,22)(H3,16,17,18,21)/b19-7+. The molecule has 0 aliphatic carbocycles. The first-order valence-corrected chi connectivity index (χ1v) is 6.94. The topological polar surface area (TPSA) is 124 Å². The van der Waals surface area contributed by atoms with Crippen molar-refractivity contribution in [1.82, 2.24) is 9.97 Å². The predicted molar refractivity (Wildman–Crippen MR) is 91.6 cm³/mol. The zero-order chi connectivity index (χ0) is 17.5. The number of nitrogen functional groups attached to an aromatic ring is 1. The Bertz CT molecular complexity index is 763. The average molecular weight is 330 g/mol. The molecule has 0 saturated carbocycles. The molecule has 0 aliphatic heterocycles. The van der Waals surface area contributed by atoms with Gasteiger partial charge in [-0.3, -0.25) is 4.79 Å². The number of carbonyl (C=O) groups excluding carboxylic acids is 1. The lowest BCUT2D eigenvalue weighted by atomic mass is 10.2. The van der Waals surface area contributed by atoms with Crippen molar-refractivity contribution >= 4 is 35.1 Å². The van der Waals surface area contributed by atoms with Crippen LogP contribution in [0.4, 0.5) is 23.0 Å². The Morgan fingerprint density at radius 3 is 2.79 bits per heavy atom. The number of hydrogen-bond acceptors (Lipinski definition) is 8. The van der Waals surface area contributed by atoms with E-state index in [4.69, 9.17) is 10.5 Å². The van der Waals surface area contributed by atoms with Crippen LogP contribution in [-0.4, -0.2) is 36.3 Å². The minimum atomic E-state index is -0.167. The molecule has 0 bridgehead atoms. The number of carbonyl (C=O) groups is 1. The van der Waals surface area contributed by atoms with E-state index in [0.717, 1.165) is 0 Å². The van der Waals surface area contributed by atoms with Gasteiger partial charge in [0.1, 0.15) is 30.8 Å². The van der Waals surface area contributed by atoms with Crippen molar-refractivity contribution in [2.75, 3.05) is 30.6 Å². The smallest absolute Gasteiger partial charge is 0.221 e. The maximum atomic E-state index is 11.1. The summed E-state index contributed by atoms with van der Waals surface area (Å²) >= 11 is 0. The summed E-state index contributed by atoms with van der Waals surface area (Å²) < 4.78 is 5.34. The molecule has 0 saturated heterocycles. The summed E-state index contributed by atoms with van der Waals surface area (Å²) in [5, 5.41) is 9.49. The molecule has 0 fully saturated rings. The summed E-state index contributed by atoms with van der Waals surface area (Å²) in [5.74, 6) is 1.04. The lowest BCUT2D eigenvalue weighted by molar-refractivity contribution is -0.114. The molecule has 1 amide bonds. The first kappa shape index (κ1) is 17.0. The lowest BCUT2D eigenvalue weighted by Crippen LogP contribution is -2.07. The average Bonchev–Trinajstić information content (AvgIpc) is 2.55. The molecule has 2 aromatic rings. The fourth-order valence-corrected chi connectivity index (χ4v) is 1.94. The van der Waals surface area contributed by atoms with Crippen LogP contribution in [0.15, 0.2) is 29.7 Å². The van der Waals surface area contributed by atoms with Gasteiger partial charge in [0, 0.05) is 18.7 Å². The highest BCUT2D eigenvalue weighted by atomic mass is 16.6. The third-order valence-electron chi connectivity index (χ3n) is 2.98. The van der Waals surface area contributed by atoms with Gasteiger partial charge in [-0.2, -0.15) is 0 Å². The van der Waals surface area contributed by atoms with Crippen LogP contribution in [0, 0.1) is 0 Å². The third kappa shape index (κ3) is 4.09. The van der Waals surface area contributed by atoms with Crippen LogP contribution < -0.4 is 21.1 Å². The van der Waals surface area contributed by atoms with E-state index in [9.17, 15) is 4.79 Å². The highest BCUT2D eigenvalue weighted by molar-refractivity contribution is 5.93. The summed E-state index contributed by atoms with van der Waals surface area (Å²) in [5.41, 5.74) is 7.58. The molecule has 1 aromatic heterocycles. The van der Waals surface area contributed by atoms with Gasteiger partial charge in [0.2, 0.25) is 5.91 Å². The van der Waals surface area contributed by atoms with E-state index < -0.39 is 0 Å². The number of nitrogens with zero attached hydrogens (tertiary/aromatic N) is 3. The molecule has 9 nitrogen and oxygen atoms in total. The van der Waals surface area contributed by atoms with E-state index in [1.807, 2.05) is 0 Å². The fourth-order valence-electron chi connectivity index (χ4n) is 1.94. The molecule has 0 spiro atoms. The summed E-state index contributed by atoms with van der Waals surface area (Å²) in [6.45, 7) is 1.43. The Kier molecular flexibility index (Phi) is 5.50. The van der Waals surface area contributed by atoms with Gasteiger partial charge in [-0.05, 0) is 12.1 Å².